The fraction of sp³-hybridized carbons (Fsp3) is 0.759. The fourth-order valence-electron chi connectivity index (χ4n) is 5.22. The molecule has 0 N–H and O–H groups in total. The van der Waals surface area contributed by atoms with E-state index in [1.807, 2.05) is 0 Å². The molecule has 0 aromatic carbocycles. The lowest BCUT2D eigenvalue weighted by Crippen LogP contribution is -2.69. The minimum absolute atomic E-state index is 0.678. The molecule has 49 heavy (non-hydrogen) atoms. The monoisotopic (exact) mass is 726 g/mol. The molecule has 2 aliphatic rings. The van der Waals surface area contributed by atoms with Gasteiger partial charge < -0.3 is 47.4 Å². The van der Waals surface area contributed by atoms with Gasteiger partial charge in [0.1, 0.15) is 30.7 Å². The van der Waals surface area contributed by atoms with Gasteiger partial charge in [-0.15, -0.1) is 0 Å². The molecule has 0 radical (unpaired) electrons. The first-order chi connectivity index (χ1) is 22.6. The Balaban J connectivity index is 2.94. The molecule has 0 aromatic heterocycles. The topological polar surface area (TPSA) is 246 Å². The maximum Gasteiger partial charge on any atom is 0.303 e. The summed E-state index contributed by atoms with van der Waals surface area (Å²) in [7, 11) is -5.23. The van der Waals surface area contributed by atoms with E-state index in [-0.39, 0.29) is 0 Å². The van der Waals surface area contributed by atoms with Crippen molar-refractivity contribution >= 4 is 51.6 Å². The lowest BCUT2D eigenvalue weighted by Gasteiger charge is -2.48. The summed E-state index contributed by atoms with van der Waals surface area (Å²) < 4.78 is 84.4. The molecule has 20 heteroatoms. The Labute approximate surface area is 282 Å². The second-order valence-corrected chi connectivity index (χ2v) is 13.5. The van der Waals surface area contributed by atoms with Gasteiger partial charge in [-0.1, -0.05) is 0 Å². The fourth-order valence-corrected chi connectivity index (χ4v) is 7.58. The molecule has 0 spiro atoms. The van der Waals surface area contributed by atoms with Crippen molar-refractivity contribution in [1.29, 1.82) is 0 Å². The van der Waals surface area contributed by atoms with Crippen molar-refractivity contribution in [2.45, 2.75) is 128 Å². The second-order valence-electron chi connectivity index (χ2n) is 11.3. The van der Waals surface area contributed by atoms with Gasteiger partial charge in [0.15, 0.2) is 52.1 Å². The van der Waals surface area contributed by atoms with Crippen LogP contribution in [0.25, 0.3) is 0 Å². The molecule has 0 bridgehead atoms. The molecule has 0 aliphatic carbocycles. The minimum atomic E-state index is -5.23. The molecular weight excluding hydrogens is 684 g/mol. The Morgan fingerprint density at radius 1 is 0.531 bits per heavy atom. The summed E-state index contributed by atoms with van der Waals surface area (Å²) in [4.78, 5) is 85.1. The van der Waals surface area contributed by atoms with E-state index in [4.69, 9.17) is 47.4 Å². The first kappa shape index (κ1) is 41.3. The summed E-state index contributed by atoms with van der Waals surface area (Å²) >= 11 is 0. The van der Waals surface area contributed by atoms with Crippen LogP contribution in [0.15, 0.2) is 0 Å². The number of ether oxygens (including phenoxy) is 10. The first-order valence-electron chi connectivity index (χ1n) is 15.0. The van der Waals surface area contributed by atoms with Crippen LogP contribution in [0.2, 0.25) is 0 Å². The first-order valence-corrected chi connectivity index (χ1v) is 16.6. The van der Waals surface area contributed by atoms with Gasteiger partial charge >= 0.3 is 41.8 Å². The van der Waals surface area contributed by atoms with Gasteiger partial charge in [0.05, 0.1) is 6.10 Å². The molecule has 2 heterocycles. The van der Waals surface area contributed by atoms with Crippen LogP contribution in [0.3, 0.4) is 0 Å². The normalized spacial score (nSPS) is 29.9. The van der Waals surface area contributed by atoms with Crippen molar-refractivity contribution < 1.29 is 89.3 Å². The van der Waals surface area contributed by atoms with Crippen molar-refractivity contribution in [3.63, 3.8) is 0 Å². The third kappa shape index (κ3) is 11.6. The molecular formula is C29H42O19S. The molecule has 0 unspecified atom stereocenters. The van der Waals surface area contributed by atoms with E-state index >= 15 is 8.42 Å². The Morgan fingerprint density at radius 2 is 0.918 bits per heavy atom. The quantitative estimate of drug-likeness (QED) is 0.170. The van der Waals surface area contributed by atoms with Gasteiger partial charge in [-0.3, -0.25) is 33.6 Å². The Hall–Kier alpha value is -3.88. The number of carbonyl (C=O) groups is 7. The second kappa shape index (κ2) is 17.7. The zero-order valence-electron chi connectivity index (χ0n) is 28.4. The summed E-state index contributed by atoms with van der Waals surface area (Å²) in [5.74, 6) is -6.81. The minimum Gasteiger partial charge on any atom is -0.463 e. The van der Waals surface area contributed by atoms with E-state index < -0.39 is 131 Å². The van der Waals surface area contributed by atoms with Crippen LogP contribution in [0.4, 0.5) is 0 Å². The van der Waals surface area contributed by atoms with Crippen molar-refractivity contribution in [3.05, 3.63) is 0 Å². The van der Waals surface area contributed by atoms with Gasteiger partial charge in [0, 0.05) is 48.5 Å². The largest absolute Gasteiger partial charge is 0.463 e. The zero-order chi connectivity index (χ0) is 37.4. The summed E-state index contributed by atoms with van der Waals surface area (Å²) in [6.07, 6.45) is -15.1. The molecule has 0 saturated carbocycles. The van der Waals surface area contributed by atoms with Crippen LogP contribution in [-0.4, -0.2) is 129 Å². The number of rotatable bonds is 13. The summed E-state index contributed by atoms with van der Waals surface area (Å²) in [6, 6.07) is 0. The molecule has 0 aromatic rings. The highest BCUT2D eigenvalue weighted by Crippen LogP contribution is 2.39. The highest BCUT2D eigenvalue weighted by atomic mass is 32.2. The van der Waals surface area contributed by atoms with Crippen LogP contribution < -0.4 is 0 Å². The van der Waals surface area contributed by atoms with Crippen LogP contribution in [0, 0.1) is 0 Å². The van der Waals surface area contributed by atoms with Crippen molar-refractivity contribution in [2.75, 3.05) is 13.2 Å². The van der Waals surface area contributed by atoms with E-state index in [9.17, 15) is 33.6 Å². The molecule has 278 valence electrons. The van der Waals surface area contributed by atoms with Crippen LogP contribution in [-0.2, 0) is 90.8 Å². The Kier molecular flexibility index (Phi) is 14.9. The third-order valence-electron chi connectivity index (χ3n) is 6.70. The van der Waals surface area contributed by atoms with E-state index in [1.165, 1.54) is 0 Å². The Bertz CT molecular complexity index is 1360. The Morgan fingerprint density at radius 3 is 1.35 bits per heavy atom. The predicted molar refractivity (Wildman–Crippen MR) is 157 cm³/mol. The summed E-state index contributed by atoms with van der Waals surface area (Å²) in [5.41, 5.74) is -2.39. The maximum atomic E-state index is 15.0. The highest BCUT2D eigenvalue weighted by molar-refractivity contribution is 7.92. The molecule has 19 nitrogen and oxygen atoms in total. The standard InChI is InChI=1S/C29H42O19S/c1-12(2)41-28-26(46-19(9)36)27(23(43-16(6)33)21(47-28)11-40-14(4)31)49(37,38)29-25(45-18(8)35)24(44-17(7)34)22(42-15(5)32)20(48-29)10-39-13(3)30/h12,20-29H,10-11H2,1-9H3/t20-,21-,22+,23+,24+,25-,26-,27-,28+,29+/m1/s1. The van der Waals surface area contributed by atoms with Crippen molar-refractivity contribution in [2.24, 2.45) is 0 Å². The van der Waals surface area contributed by atoms with Gasteiger partial charge in [0.25, 0.3) is 0 Å². The van der Waals surface area contributed by atoms with Crippen LogP contribution in [0.5, 0.6) is 0 Å². The highest BCUT2D eigenvalue weighted by Gasteiger charge is 2.64. The van der Waals surface area contributed by atoms with Crippen molar-refractivity contribution in [1.82, 2.24) is 0 Å². The van der Waals surface area contributed by atoms with Crippen LogP contribution in [0.1, 0.15) is 62.3 Å². The molecule has 2 fully saturated rings. The molecule has 10 atom stereocenters. The number of sulfone groups is 1. The number of carbonyl (C=O) groups excluding carboxylic acids is 7. The SMILES string of the molecule is CC(=O)OC[C@H]1O[C@@H](S(=O)(=O)[C@@H]2[C@@H](OC(C)=O)[C@@H](COC(C)=O)O[C@H](OC(C)C)[C@@H]2OC(C)=O)[C@H](OC(C)=O)[C@@H](OC(C)=O)[C@H]1OC(C)=O. The van der Waals surface area contributed by atoms with E-state index in [1.54, 1.807) is 13.8 Å². The number of esters is 7. The summed E-state index contributed by atoms with van der Waals surface area (Å²) in [6.45, 7) is 8.46. The molecule has 2 aliphatic heterocycles. The van der Waals surface area contributed by atoms with Crippen molar-refractivity contribution in [3.8, 4) is 0 Å². The average Bonchev–Trinajstić information content (AvgIpc) is 2.92. The lowest BCUT2D eigenvalue weighted by atomic mass is 9.99. The van der Waals surface area contributed by atoms with Gasteiger partial charge in [-0.05, 0) is 13.8 Å². The molecule has 2 rings (SSSR count). The third-order valence-corrected chi connectivity index (χ3v) is 9.03. The van der Waals surface area contributed by atoms with E-state index in [0.717, 1.165) is 48.5 Å². The lowest BCUT2D eigenvalue weighted by molar-refractivity contribution is -0.284. The smallest absolute Gasteiger partial charge is 0.303 e. The summed E-state index contributed by atoms with van der Waals surface area (Å²) in [5, 5.41) is -2.18. The molecule has 0 amide bonds. The van der Waals surface area contributed by atoms with Gasteiger partial charge in [-0.25, -0.2) is 8.42 Å². The predicted octanol–water partition coefficient (Wildman–Crippen LogP) is -0.571. The number of hydrogen-bond donors (Lipinski definition) is 0. The average molecular weight is 727 g/mol. The van der Waals surface area contributed by atoms with E-state index in [2.05, 4.69) is 0 Å². The maximum absolute atomic E-state index is 15.0. The van der Waals surface area contributed by atoms with E-state index in [0.29, 0.717) is 0 Å². The number of hydrogen-bond acceptors (Lipinski definition) is 19. The van der Waals surface area contributed by atoms with Crippen LogP contribution >= 0.6 is 0 Å². The molecule has 2 saturated heterocycles. The van der Waals surface area contributed by atoms with Gasteiger partial charge in [0.2, 0.25) is 0 Å². The zero-order valence-corrected chi connectivity index (χ0v) is 29.2. The van der Waals surface area contributed by atoms with Gasteiger partial charge in [-0.2, -0.15) is 0 Å².